The van der Waals surface area contributed by atoms with Gasteiger partial charge in [0.15, 0.2) is 5.37 Å². The molecular weight excluding hydrogens is 352 g/mol. The van der Waals surface area contributed by atoms with Gasteiger partial charge in [-0.05, 0) is 46.1 Å². The lowest BCUT2D eigenvalue weighted by Gasteiger charge is -2.26. The van der Waals surface area contributed by atoms with Gasteiger partial charge in [0, 0.05) is 18.9 Å². The van der Waals surface area contributed by atoms with Crippen LogP contribution in [-0.4, -0.2) is 51.9 Å². The number of nitrogens with two attached hydrogens (primary N) is 1. The van der Waals surface area contributed by atoms with Crippen molar-refractivity contribution in [2.24, 2.45) is 5.73 Å². The molecule has 146 valence electrons. The number of aliphatic hydroxyl groups is 1. The second-order valence-electron chi connectivity index (χ2n) is 7.11. The van der Waals surface area contributed by atoms with Gasteiger partial charge >= 0.3 is 6.09 Å². The molecule has 26 heavy (non-hydrogen) atoms. The molecule has 2 amide bonds. The Balaban J connectivity index is 0.000000273. The highest BCUT2D eigenvalue weighted by Crippen LogP contribution is 2.25. The van der Waals surface area contributed by atoms with E-state index >= 15 is 0 Å². The van der Waals surface area contributed by atoms with Gasteiger partial charge < -0.3 is 15.6 Å². The largest absolute Gasteiger partial charge is 0.444 e. The zero-order chi connectivity index (χ0) is 19.7. The summed E-state index contributed by atoms with van der Waals surface area (Å²) < 4.78 is 5.17. The zero-order valence-corrected chi connectivity index (χ0v) is 16.8. The van der Waals surface area contributed by atoms with Gasteiger partial charge in [-0.15, -0.1) is 11.8 Å². The second kappa shape index (κ2) is 10.4. The molecule has 1 aromatic rings. The molecule has 0 bridgehead atoms. The second-order valence-corrected chi connectivity index (χ2v) is 8.30. The van der Waals surface area contributed by atoms with E-state index in [0.29, 0.717) is 12.3 Å². The van der Waals surface area contributed by atoms with Crippen molar-refractivity contribution in [2.45, 2.75) is 51.5 Å². The van der Waals surface area contributed by atoms with Gasteiger partial charge in [-0.25, -0.2) is 4.79 Å². The molecule has 0 spiro atoms. The van der Waals surface area contributed by atoms with Crippen LogP contribution in [0.4, 0.5) is 4.79 Å². The summed E-state index contributed by atoms with van der Waals surface area (Å²) in [5, 5.41) is 8.00. The number of thioether (sulfide) groups is 1. The molecule has 0 aliphatic carbocycles. The number of nitrogens with zero attached hydrogens (tertiary/aromatic N) is 1. The molecule has 1 saturated heterocycles. The summed E-state index contributed by atoms with van der Waals surface area (Å²) in [5.74, 6) is 0.218. The van der Waals surface area contributed by atoms with E-state index in [2.05, 4.69) is 31.2 Å². The molecular formula is C19H30N2O4S. The number of amides is 2. The third-order valence-electron chi connectivity index (χ3n) is 3.51. The highest BCUT2D eigenvalue weighted by molar-refractivity contribution is 8.00. The molecule has 1 unspecified atom stereocenters. The number of carbonyl (C=O) groups excluding carboxylic acids is 2. The van der Waals surface area contributed by atoms with E-state index in [0.717, 1.165) is 12.8 Å². The molecule has 3 N–H and O–H groups in total. The molecule has 1 aromatic carbocycles. The number of hydrogen-bond donors (Lipinski definition) is 2. The van der Waals surface area contributed by atoms with Crippen molar-refractivity contribution in [1.29, 1.82) is 0 Å². The van der Waals surface area contributed by atoms with Crippen molar-refractivity contribution < 1.29 is 19.4 Å². The van der Waals surface area contributed by atoms with Gasteiger partial charge in [0.25, 0.3) is 5.91 Å². The molecule has 1 fully saturated rings. The Labute approximate surface area is 160 Å². The number of primary amides is 1. The van der Waals surface area contributed by atoms with Crippen LogP contribution in [0.1, 0.15) is 38.3 Å². The minimum atomic E-state index is -0.583. The van der Waals surface area contributed by atoms with Gasteiger partial charge in [-0.1, -0.05) is 29.8 Å². The highest BCUT2D eigenvalue weighted by atomic mass is 32.2. The maximum absolute atomic E-state index is 11.7. The van der Waals surface area contributed by atoms with E-state index in [4.69, 9.17) is 15.6 Å². The molecule has 2 rings (SSSR count). The summed E-state index contributed by atoms with van der Waals surface area (Å²) in [6, 6.07) is 8.44. The van der Waals surface area contributed by atoms with Crippen molar-refractivity contribution in [3.63, 3.8) is 0 Å². The number of rotatable bonds is 4. The molecule has 0 saturated carbocycles. The van der Waals surface area contributed by atoms with E-state index < -0.39 is 23.0 Å². The lowest BCUT2D eigenvalue weighted by atomic mass is 10.1. The van der Waals surface area contributed by atoms with Crippen LogP contribution in [0.2, 0.25) is 0 Å². The Kier molecular flexibility index (Phi) is 8.95. The Morgan fingerprint density at radius 2 is 1.92 bits per heavy atom. The van der Waals surface area contributed by atoms with Crippen molar-refractivity contribution in [3.8, 4) is 0 Å². The monoisotopic (exact) mass is 382 g/mol. The lowest BCUT2D eigenvalue weighted by Crippen LogP contribution is -2.44. The maximum atomic E-state index is 11.7. The Hall–Kier alpha value is -1.73. The minimum absolute atomic E-state index is 0.286. The smallest absolute Gasteiger partial charge is 0.411 e. The predicted molar refractivity (Wildman–Crippen MR) is 105 cm³/mol. The summed E-state index contributed by atoms with van der Waals surface area (Å²) >= 11 is 1.36. The summed E-state index contributed by atoms with van der Waals surface area (Å²) in [6.07, 6.45) is 1.37. The first-order valence-electron chi connectivity index (χ1n) is 8.71. The standard InChI is InChI=1S/C10H14O.C9H16N2O3S/c1-9-4-6-10(7-5-9)3-2-8-11;1-9(2,3)14-8(13)11-4-5-15-7(11)6(10)12/h4-7,11H,2-3,8H2,1H3;7H,4-5H2,1-3H3,(H2,10,12). The average molecular weight is 383 g/mol. The first kappa shape index (κ1) is 22.3. The third-order valence-corrected chi connectivity index (χ3v) is 4.73. The number of benzene rings is 1. The first-order valence-corrected chi connectivity index (χ1v) is 9.76. The van der Waals surface area contributed by atoms with Crippen LogP contribution < -0.4 is 5.73 Å². The molecule has 7 heteroatoms. The predicted octanol–water partition coefficient (Wildman–Crippen LogP) is 2.70. The molecule has 6 nitrogen and oxygen atoms in total. The fourth-order valence-corrected chi connectivity index (χ4v) is 3.31. The van der Waals surface area contributed by atoms with Crippen molar-refractivity contribution in [3.05, 3.63) is 35.4 Å². The normalized spacial score (nSPS) is 16.7. The summed E-state index contributed by atoms with van der Waals surface area (Å²) in [4.78, 5) is 24.1. The average Bonchev–Trinajstić information content (AvgIpc) is 3.03. The van der Waals surface area contributed by atoms with Crippen LogP contribution in [0.25, 0.3) is 0 Å². The fraction of sp³-hybridized carbons (Fsp3) is 0.579. The van der Waals surface area contributed by atoms with Crippen molar-refractivity contribution in [2.75, 3.05) is 18.9 Å². The van der Waals surface area contributed by atoms with E-state index in [1.807, 2.05) is 0 Å². The number of carbonyl (C=O) groups is 2. The van der Waals surface area contributed by atoms with Crippen LogP contribution >= 0.6 is 11.8 Å². The summed E-state index contributed by atoms with van der Waals surface area (Å²) in [7, 11) is 0. The Morgan fingerprint density at radius 1 is 1.31 bits per heavy atom. The quantitative estimate of drug-likeness (QED) is 0.835. The van der Waals surface area contributed by atoms with E-state index in [-0.39, 0.29) is 6.61 Å². The maximum Gasteiger partial charge on any atom is 0.411 e. The van der Waals surface area contributed by atoms with Gasteiger partial charge in [-0.2, -0.15) is 0 Å². The fourth-order valence-electron chi connectivity index (χ4n) is 2.25. The first-order chi connectivity index (χ1) is 12.1. The van der Waals surface area contributed by atoms with Gasteiger partial charge in [0.1, 0.15) is 5.60 Å². The van der Waals surface area contributed by atoms with Crippen LogP contribution in [0.5, 0.6) is 0 Å². The van der Waals surface area contributed by atoms with Crippen LogP contribution in [0.15, 0.2) is 24.3 Å². The van der Waals surface area contributed by atoms with Crippen molar-refractivity contribution >= 4 is 23.8 Å². The summed E-state index contributed by atoms with van der Waals surface area (Å²) in [5.41, 5.74) is 7.23. The van der Waals surface area contributed by atoms with Crippen LogP contribution in [0.3, 0.4) is 0 Å². The van der Waals surface area contributed by atoms with Crippen LogP contribution in [0, 0.1) is 6.92 Å². The zero-order valence-electron chi connectivity index (χ0n) is 16.0. The van der Waals surface area contributed by atoms with E-state index in [9.17, 15) is 9.59 Å². The van der Waals surface area contributed by atoms with Crippen molar-refractivity contribution in [1.82, 2.24) is 4.90 Å². The number of aryl methyl sites for hydroxylation is 2. The highest BCUT2D eigenvalue weighted by Gasteiger charge is 2.35. The molecule has 0 aromatic heterocycles. The molecule has 0 radical (unpaired) electrons. The minimum Gasteiger partial charge on any atom is -0.444 e. The summed E-state index contributed by atoms with van der Waals surface area (Å²) in [6.45, 7) is 8.23. The van der Waals surface area contributed by atoms with E-state index in [1.54, 1.807) is 20.8 Å². The molecule has 1 heterocycles. The van der Waals surface area contributed by atoms with Gasteiger partial charge in [-0.3, -0.25) is 9.69 Å². The molecule has 1 aliphatic heterocycles. The number of ether oxygens (including phenoxy) is 1. The number of aliphatic hydroxyl groups excluding tert-OH is 1. The van der Waals surface area contributed by atoms with Gasteiger partial charge in [0.2, 0.25) is 0 Å². The topological polar surface area (TPSA) is 92.9 Å². The number of hydrogen-bond acceptors (Lipinski definition) is 5. The Morgan fingerprint density at radius 3 is 2.42 bits per heavy atom. The lowest BCUT2D eigenvalue weighted by molar-refractivity contribution is -0.120. The SMILES string of the molecule is CC(C)(C)OC(=O)N1CCSC1C(N)=O.Cc1ccc(CCCO)cc1. The van der Waals surface area contributed by atoms with Crippen LogP contribution in [-0.2, 0) is 16.0 Å². The Bertz CT molecular complexity index is 584. The molecule has 1 atom stereocenters. The van der Waals surface area contributed by atoms with E-state index in [1.165, 1.54) is 27.8 Å². The van der Waals surface area contributed by atoms with Gasteiger partial charge in [0.05, 0.1) is 0 Å². The molecule has 1 aliphatic rings. The third kappa shape index (κ3) is 8.10.